The van der Waals surface area contributed by atoms with Gasteiger partial charge < -0.3 is 14.8 Å². The van der Waals surface area contributed by atoms with Crippen molar-refractivity contribution in [2.45, 2.75) is 18.9 Å². The quantitative estimate of drug-likeness (QED) is 0.360. The summed E-state index contributed by atoms with van der Waals surface area (Å²) >= 11 is 0. The highest BCUT2D eigenvalue weighted by molar-refractivity contribution is 6.02. The maximum Gasteiger partial charge on any atom is 0.343 e. The van der Waals surface area contributed by atoms with Crippen LogP contribution in [0.1, 0.15) is 28.8 Å². The molecule has 7 heteroatoms. The van der Waals surface area contributed by atoms with E-state index >= 15 is 0 Å². The van der Waals surface area contributed by atoms with E-state index in [4.69, 9.17) is 9.47 Å². The van der Waals surface area contributed by atoms with Gasteiger partial charge in [0.05, 0.1) is 12.7 Å². The van der Waals surface area contributed by atoms with Gasteiger partial charge in [0.1, 0.15) is 17.5 Å². The van der Waals surface area contributed by atoms with Gasteiger partial charge in [0, 0.05) is 6.04 Å². The minimum absolute atomic E-state index is 0.0231. The monoisotopic (exact) mass is 380 g/mol. The topological polar surface area (TPSA) is 88.4 Å². The van der Waals surface area contributed by atoms with E-state index in [-0.39, 0.29) is 28.7 Å². The third kappa shape index (κ3) is 4.74. The molecule has 3 rings (SSSR count). The molecule has 0 atom stereocenters. The van der Waals surface area contributed by atoms with E-state index in [0.717, 1.165) is 25.0 Å². The number of amides is 1. The van der Waals surface area contributed by atoms with Crippen LogP contribution in [0.15, 0.2) is 48.0 Å². The molecule has 0 unspecified atom stereocenters. The highest BCUT2D eigenvalue weighted by atomic mass is 19.1. The summed E-state index contributed by atoms with van der Waals surface area (Å²) in [6.45, 7) is 0. The lowest BCUT2D eigenvalue weighted by Gasteiger charge is -2.10. The number of methoxy groups -OCH3 is 1. The van der Waals surface area contributed by atoms with E-state index in [1.807, 2.05) is 6.07 Å². The molecule has 0 heterocycles. The molecule has 0 aliphatic heterocycles. The van der Waals surface area contributed by atoms with Crippen LogP contribution in [-0.4, -0.2) is 25.0 Å². The van der Waals surface area contributed by atoms with Crippen molar-refractivity contribution in [2.24, 2.45) is 0 Å². The van der Waals surface area contributed by atoms with Gasteiger partial charge in [-0.15, -0.1) is 0 Å². The zero-order chi connectivity index (χ0) is 20.1. The number of nitriles is 1. The molecule has 142 valence electrons. The first-order chi connectivity index (χ1) is 13.5. The predicted molar refractivity (Wildman–Crippen MR) is 99.1 cm³/mol. The van der Waals surface area contributed by atoms with Crippen molar-refractivity contribution in [3.8, 4) is 17.6 Å². The van der Waals surface area contributed by atoms with Crippen LogP contribution in [0.2, 0.25) is 0 Å². The van der Waals surface area contributed by atoms with Crippen molar-refractivity contribution < 1.29 is 23.5 Å². The number of hydrogen-bond acceptors (Lipinski definition) is 5. The van der Waals surface area contributed by atoms with E-state index in [0.29, 0.717) is 5.56 Å². The summed E-state index contributed by atoms with van der Waals surface area (Å²) in [5.74, 6) is -1.12. The van der Waals surface area contributed by atoms with E-state index in [1.165, 1.54) is 31.4 Å². The number of nitrogens with one attached hydrogen (secondary N) is 1. The molecular weight excluding hydrogens is 363 g/mol. The Labute approximate surface area is 161 Å². The molecule has 0 aromatic heterocycles. The Balaban J connectivity index is 1.78. The number of halogens is 1. The largest absolute Gasteiger partial charge is 0.493 e. The van der Waals surface area contributed by atoms with Crippen molar-refractivity contribution in [1.29, 1.82) is 5.26 Å². The molecule has 1 aliphatic rings. The summed E-state index contributed by atoms with van der Waals surface area (Å²) < 4.78 is 23.5. The Hall–Kier alpha value is -3.66. The van der Waals surface area contributed by atoms with Crippen LogP contribution in [0, 0.1) is 17.1 Å². The smallest absolute Gasteiger partial charge is 0.343 e. The summed E-state index contributed by atoms with van der Waals surface area (Å²) in [4.78, 5) is 24.2. The van der Waals surface area contributed by atoms with Gasteiger partial charge in [-0.2, -0.15) is 5.26 Å². The molecule has 0 bridgehead atoms. The maximum atomic E-state index is 13.0. The van der Waals surface area contributed by atoms with E-state index in [9.17, 15) is 19.2 Å². The lowest BCUT2D eigenvalue weighted by atomic mass is 10.1. The SMILES string of the molecule is COc1cc(/C=C(\C#N)C(=O)NC2CC2)ccc1OC(=O)c1ccc(F)cc1. The Morgan fingerprint density at radius 1 is 1.18 bits per heavy atom. The van der Waals surface area contributed by atoms with Crippen LogP contribution in [0.4, 0.5) is 4.39 Å². The van der Waals surface area contributed by atoms with Crippen molar-refractivity contribution in [1.82, 2.24) is 5.32 Å². The van der Waals surface area contributed by atoms with Gasteiger partial charge in [0.25, 0.3) is 5.91 Å². The van der Waals surface area contributed by atoms with Crippen LogP contribution in [-0.2, 0) is 4.79 Å². The van der Waals surface area contributed by atoms with Gasteiger partial charge in [-0.25, -0.2) is 9.18 Å². The highest BCUT2D eigenvalue weighted by Crippen LogP contribution is 2.30. The molecule has 2 aromatic carbocycles. The van der Waals surface area contributed by atoms with E-state index in [2.05, 4.69) is 5.32 Å². The summed E-state index contributed by atoms with van der Waals surface area (Å²) in [5.41, 5.74) is 0.710. The highest BCUT2D eigenvalue weighted by Gasteiger charge is 2.24. The Morgan fingerprint density at radius 2 is 1.89 bits per heavy atom. The van der Waals surface area contributed by atoms with Crippen LogP contribution < -0.4 is 14.8 Å². The molecule has 0 spiro atoms. The molecular formula is C21H17FN2O4. The molecule has 2 aromatic rings. The van der Waals surface area contributed by atoms with Crippen LogP contribution in [0.3, 0.4) is 0 Å². The van der Waals surface area contributed by atoms with Gasteiger partial charge >= 0.3 is 5.97 Å². The molecule has 6 nitrogen and oxygen atoms in total. The van der Waals surface area contributed by atoms with Gasteiger partial charge in [0.2, 0.25) is 0 Å². The number of esters is 1. The summed E-state index contributed by atoms with van der Waals surface area (Å²) in [6.07, 6.45) is 3.28. The lowest BCUT2D eigenvalue weighted by Crippen LogP contribution is -2.26. The maximum absolute atomic E-state index is 13.0. The van der Waals surface area contributed by atoms with Crippen LogP contribution >= 0.6 is 0 Å². The summed E-state index contributed by atoms with van der Waals surface area (Å²) in [7, 11) is 1.41. The standard InChI is InChI=1S/C21H17FN2O4/c1-27-19-11-13(10-15(12-23)20(25)24-17-7-8-17)2-9-18(19)28-21(26)14-3-5-16(22)6-4-14/h2-6,9-11,17H,7-8H2,1H3,(H,24,25)/b15-10+. The van der Waals surface area contributed by atoms with E-state index < -0.39 is 17.7 Å². The number of carbonyl (C=O) groups is 2. The number of carbonyl (C=O) groups excluding carboxylic acids is 2. The number of ether oxygens (including phenoxy) is 2. The molecule has 1 amide bonds. The first-order valence-electron chi connectivity index (χ1n) is 8.58. The van der Waals surface area contributed by atoms with Gasteiger partial charge in [-0.1, -0.05) is 6.07 Å². The molecule has 1 saturated carbocycles. The minimum Gasteiger partial charge on any atom is -0.493 e. The minimum atomic E-state index is -0.664. The third-order valence-corrected chi connectivity index (χ3v) is 4.06. The average molecular weight is 380 g/mol. The fourth-order valence-electron chi connectivity index (χ4n) is 2.41. The number of rotatable bonds is 6. The van der Waals surface area contributed by atoms with Crippen molar-refractivity contribution >= 4 is 18.0 Å². The Kier molecular flexibility index (Phi) is 5.70. The first kappa shape index (κ1) is 19.1. The molecule has 0 radical (unpaired) electrons. The van der Waals surface area contributed by atoms with Crippen molar-refractivity contribution in [3.63, 3.8) is 0 Å². The average Bonchev–Trinajstić information content (AvgIpc) is 3.51. The molecule has 28 heavy (non-hydrogen) atoms. The third-order valence-electron chi connectivity index (χ3n) is 4.06. The molecule has 1 N–H and O–H groups in total. The van der Waals surface area contributed by atoms with Crippen LogP contribution in [0.25, 0.3) is 6.08 Å². The molecule has 0 saturated heterocycles. The van der Waals surface area contributed by atoms with Crippen molar-refractivity contribution in [2.75, 3.05) is 7.11 Å². The summed E-state index contributed by atoms with van der Waals surface area (Å²) in [6, 6.07) is 11.6. The van der Waals surface area contributed by atoms with Crippen molar-refractivity contribution in [3.05, 3.63) is 65.0 Å². The van der Waals surface area contributed by atoms with E-state index in [1.54, 1.807) is 12.1 Å². The zero-order valence-corrected chi connectivity index (χ0v) is 15.1. The number of nitrogens with zero attached hydrogens (tertiary/aromatic N) is 1. The normalized spacial score (nSPS) is 13.4. The Morgan fingerprint density at radius 3 is 2.50 bits per heavy atom. The molecule has 1 aliphatic carbocycles. The number of benzene rings is 2. The zero-order valence-electron chi connectivity index (χ0n) is 15.1. The van der Waals surface area contributed by atoms with Gasteiger partial charge in [-0.05, 0) is 60.9 Å². The number of hydrogen-bond donors (Lipinski definition) is 1. The van der Waals surface area contributed by atoms with Gasteiger partial charge in [-0.3, -0.25) is 4.79 Å². The predicted octanol–water partition coefficient (Wildman–Crippen LogP) is 3.24. The second kappa shape index (κ2) is 8.35. The van der Waals surface area contributed by atoms with Crippen LogP contribution in [0.5, 0.6) is 11.5 Å². The lowest BCUT2D eigenvalue weighted by molar-refractivity contribution is -0.117. The van der Waals surface area contributed by atoms with Gasteiger partial charge in [0.15, 0.2) is 11.5 Å². The second-order valence-electron chi connectivity index (χ2n) is 6.22. The molecule has 1 fully saturated rings. The fourth-order valence-corrected chi connectivity index (χ4v) is 2.41. The fraction of sp³-hybridized carbons (Fsp3) is 0.190. The summed E-state index contributed by atoms with van der Waals surface area (Å²) in [5, 5.41) is 12.0. The Bertz CT molecular complexity index is 973. The second-order valence-corrected chi connectivity index (χ2v) is 6.22. The first-order valence-corrected chi connectivity index (χ1v) is 8.58.